The summed E-state index contributed by atoms with van der Waals surface area (Å²) in [6.45, 7) is 0. The highest BCUT2D eigenvalue weighted by molar-refractivity contribution is 5.23. The van der Waals surface area contributed by atoms with Crippen LogP contribution in [0, 0.1) is 17.8 Å². The standard InChI is InChI=1S/C10H14O/c1-2-10(11)8-7-9(10)5-3-4-6-9/h1,11H,3-8H2. The summed E-state index contributed by atoms with van der Waals surface area (Å²) in [4.78, 5) is 0. The molecule has 1 nitrogen and oxygen atoms in total. The summed E-state index contributed by atoms with van der Waals surface area (Å²) in [6.07, 6.45) is 12.1. The molecule has 0 radical (unpaired) electrons. The lowest BCUT2D eigenvalue weighted by Gasteiger charge is -2.51. The molecule has 2 fully saturated rings. The smallest absolute Gasteiger partial charge is 0.130 e. The van der Waals surface area contributed by atoms with Crippen LogP contribution >= 0.6 is 0 Å². The van der Waals surface area contributed by atoms with E-state index in [-0.39, 0.29) is 5.41 Å². The molecule has 2 rings (SSSR count). The Morgan fingerprint density at radius 3 is 2.09 bits per heavy atom. The van der Waals surface area contributed by atoms with Crippen molar-refractivity contribution in [3.05, 3.63) is 0 Å². The summed E-state index contributed by atoms with van der Waals surface area (Å²) in [6, 6.07) is 0. The highest BCUT2D eigenvalue weighted by Crippen LogP contribution is 2.59. The van der Waals surface area contributed by atoms with E-state index in [9.17, 15) is 5.11 Å². The Bertz CT molecular complexity index is 207. The van der Waals surface area contributed by atoms with Gasteiger partial charge >= 0.3 is 0 Å². The average molecular weight is 150 g/mol. The van der Waals surface area contributed by atoms with Crippen LogP contribution in [-0.2, 0) is 0 Å². The summed E-state index contributed by atoms with van der Waals surface area (Å²) in [5.41, 5.74) is -0.592. The molecule has 1 spiro atoms. The topological polar surface area (TPSA) is 20.2 Å². The maximum atomic E-state index is 9.93. The summed E-state index contributed by atoms with van der Waals surface area (Å²) in [5.74, 6) is 2.57. The van der Waals surface area contributed by atoms with Crippen LogP contribution in [0.15, 0.2) is 0 Å². The second kappa shape index (κ2) is 2.01. The van der Waals surface area contributed by atoms with Crippen molar-refractivity contribution in [3.8, 4) is 12.3 Å². The minimum absolute atomic E-state index is 0.141. The summed E-state index contributed by atoms with van der Waals surface area (Å²) in [5, 5.41) is 9.93. The van der Waals surface area contributed by atoms with E-state index in [1.165, 1.54) is 12.8 Å². The van der Waals surface area contributed by atoms with Crippen molar-refractivity contribution in [2.45, 2.75) is 44.1 Å². The molecule has 0 heterocycles. The predicted molar refractivity (Wildman–Crippen MR) is 43.9 cm³/mol. The van der Waals surface area contributed by atoms with Crippen molar-refractivity contribution in [3.63, 3.8) is 0 Å². The monoisotopic (exact) mass is 150 g/mol. The van der Waals surface area contributed by atoms with Gasteiger partial charge in [-0.05, 0) is 25.7 Å². The molecule has 0 saturated heterocycles. The first-order chi connectivity index (χ1) is 5.22. The second-order valence-corrected chi connectivity index (χ2v) is 3.99. The molecule has 0 aliphatic heterocycles. The van der Waals surface area contributed by atoms with Crippen molar-refractivity contribution < 1.29 is 5.11 Å². The molecule has 0 bridgehead atoms. The van der Waals surface area contributed by atoms with E-state index in [0.717, 1.165) is 25.7 Å². The molecule has 60 valence electrons. The molecule has 2 saturated carbocycles. The molecular weight excluding hydrogens is 136 g/mol. The van der Waals surface area contributed by atoms with Crippen molar-refractivity contribution in [2.24, 2.45) is 5.41 Å². The Labute approximate surface area is 67.8 Å². The SMILES string of the molecule is C#CC1(O)CCC12CCCC2. The lowest BCUT2D eigenvalue weighted by Crippen LogP contribution is -2.54. The Hall–Kier alpha value is -0.480. The normalized spacial score (nSPS) is 40.0. The van der Waals surface area contributed by atoms with E-state index >= 15 is 0 Å². The number of aliphatic hydroxyl groups is 1. The van der Waals surface area contributed by atoms with E-state index < -0.39 is 5.60 Å². The Morgan fingerprint density at radius 1 is 1.09 bits per heavy atom. The van der Waals surface area contributed by atoms with Gasteiger partial charge in [0.25, 0.3) is 0 Å². The van der Waals surface area contributed by atoms with Gasteiger partial charge in [0, 0.05) is 5.41 Å². The van der Waals surface area contributed by atoms with Crippen LogP contribution in [0.3, 0.4) is 0 Å². The third kappa shape index (κ3) is 0.711. The van der Waals surface area contributed by atoms with Gasteiger partial charge in [0.2, 0.25) is 0 Å². The first-order valence-electron chi connectivity index (χ1n) is 4.43. The summed E-state index contributed by atoms with van der Waals surface area (Å²) in [7, 11) is 0. The van der Waals surface area contributed by atoms with E-state index in [1.807, 2.05) is 0 Å². The summed E-state index contributed by atoms with van der Waals surface area (Å²) < 4.78 is 0. The lowest BCUT2D eigenvalue weighted by atomic mass is 9.56. The quantitative estimate of drug-likeness (QED) is 0.521. The van der Waals surface area contributed by atoms with Gasteiger partial charge in [-0.2, -0.15) is 0 Å². The van der Waals surface area contributed by atoms with Crippen LogP contribution in [0.2, 0.25) is 0 Å². The van der Waals surface area contributed by atoms with Gasteiger partial charge in [-0.3, -0.25) is 0 Å². The molecule has 1 atom stereocenters. The van der Waals surface area contributed by atoms with Gasteiger partial charge in [-0.15, -0.1) is 6.42 Å². The zero-order valence-corrected chi connectivity index (χ0v) is 6.77. The average Bonchev–Trinajstić information content (AvgIpc) is 2.51. The molecule has 1 N–H and O–H groups in total. The van der Waals surface area contributed by atoms with Crippen LogP contribution in [-0.4, -0.2) is 10.7 Å². The molecule has 0 aromatic rings. The molecule has 11 heavy (non-hydrogen) atoms. The highest BCUT2D eigenvalue weighted by atomic mass is 16.3. The minimum Gasteiger partial charge on any atom is -0.377 e. The Morgan fingerprint density at radius 2 is 1.73 bits per heavy atom. The van der Waals surface area contributed by atoms with Crippen molar-refractivity contribution in [1.29, 1.82) is 0 Å². The molecule has 1 unspecified atom stereocenters. The molecule has 0 aromatic heterocycles. The van der Waals surface area contributed by atoms with Gasteiger partial charge in [-0.1, -0.05) is 18.8 Å². The van der Waals surface area contributed by atoms with Gasteiger partial charge in [0.15, 0.2) is 0 Å². The maximum Gasteiger partial charge on any atom is 0.130 e. The molecule has 0 amide bonds. The van der Waals surface area contributed by atoms with Gasteiger partial charge in [0.1, 0.15) is 5.60 Å². The van der Waals surface area contributed by atoms with Gasteiger partial charge in [-0.25, -0.2) is 0 Å². The van der Waals surface area contributed by atoms with Gasteiger partial charge in [0.05, 0.1) is 0 Å². The fraction of sp³-hybridized carbons (Fsp3) is 0.800. The number of rotatable bonds is 0. The molecule has 0 aromatic carbocycles. The van der Waals surface area contributed by atoms with Gasteiger partial charge < -0.3 is 5.11 Å². The van der Waals surface area contributed by atoms with E-state index in [1.54, 1.807) is 0 Å². The van der Waals surface area contributed by atoms with Crippen molar-refractivity contribution >= 4 is 0 Å². The second-order valence-electron chi connectivity index (χ2n) is 3.99. The molecular formula is C10H14O. The minimum atomic E-state index is -0.733. The fourth-order valence-corrected chi connectivity index (χ4v) is 2.66. The third-order valence-electron chi connectivity index (χ3n) is 3.64. The lowest BCUT2D eigenvalue weighted by molar-refractivity contribution is -0.119. The first-order valence-corrected chi connectivity index (χ1v) is 4.43. The zero-order chi connectivity index (χ0) is 7.95. The first kappa shape index (κ1) is 7.18. The largest absolute Gasteiger partial charge is 0.377 e. The molecule has 1 heteroatoms. The van der Waals surface area contributed by atoms with Crippen LogP contribution in [0.4, 0.5) is 0 Å². The fourth-order valence-electron chi connectivity index (χ4n) is 2.66. The van der Waals surface area contributed by atoms with Crippen LogP contribution in [0.5, 0.6) is 0 Å². The van der Waals surface area contributed by atoms with Crippen molar-refractivity contribution in [2.75, 3.05) is 0 Å². The van der Waals surface area contributed by atoms with E-state index in [2.05, 4.69) is 5.92 Å². The van der Waals surface area contributed by atoms with Crippen LogP contribution in [0.25, 0.3) is 0 Å². The van der Waals surface area contributed by atoms with Crippen LogP contribution in [0.1, 0.15) is 38.5 Å². The molecule has 2 aliphatic carbocycles. The molecule has 2 aliphatic rings. The summed E-state index contributed by atoms with van der Waals surface area (Å²) >= 11 is 0. The number of terminal acetylenes is 1. The number of hydrogen-bond acceptors (Lipinski definition) is 1. The van der Waals surface area contributed by atoms with E-state index in [0.29, 0.717) is 0 Å². The third-order valence-corrected chi connectivity index (χ3v) is 3.64. The Kier molecular flexibility index (Phi) is 1.32. The maximum absolute atomic E-state index is 9.93. The highest BCUT2D eigenvalue weighted by Gasteiger charge is 2.57. The van der Waals surface area contributed by atoms with Crippen molar-refractivity contribution in [1.82, 2.24) is 0 Å². The van der Waals surface area contributed by atoms with Crippen LogP contribution < -0.4 is 0 Å². The predicted octanol–water partition coefficient (Wildman–Crippen LogP) is 1.70. The van der Waals surface area contributed by atoms with E-state index in [4.69, 9.17) is 6.42 Å². The number of hydrogen-bond donors (Lipinski definition) is 1. The Balaban J connectivity index is 2.22. The zero-order valence-electron chi connectivity index (χ0n) is 6.77.